The third-order valence-electron chi connectivity index (χ3n) is 1.64. The topological polar surface area (TPSA) is 48.5 Å². The second-order valence-electron chi connectivity index (χ2n) is 2.53. The maximum absolute atomic E-state index is 4.06. The lowest BCUT2D eigenvalue weighted by atomic mass is 10.5. The predicted octanol–water partition coefficient (Wildman–Crippen LogP) is 0.109. The van der Waals surface area contributed by atoms with E-state index in [4.69, 9.17) is 0 Å². The zero-order chi connectivity index (χ0) is 8.55. The maximum atomic E-state index is 4.06. The Morgan fingerprint density at radius 3 is 2.83 bits per heavy atom. The van der Waals surface area contributed by atoms with Crippen molar-refractivity contribution in [3.05, 3.63) is 24.3 Å². The highest BCUT2D eigenvalue weighted by atomic mass is 15.4. The molecule has 0 bridgehead atoms. The van der Waals surface area contributed by atoms with Gasteiger partial charge >= 0.3 is 0 Å². The van der Waals surface area contributed by atoms with Crippen LogP contribution in [0.5, 0.6) is 0 Å². The minimum Gasteiger partial charge on any atom is -0.301 e. The molecule has 0 fully saturated rings. The summed E-state index contributed by atoms with van der Waals surface area (Å²) in [7, 11) is 1.87. The van der Waals surface area contributed by atoms with Crippen LogP contribution in [0.1, 0.15) is 5.69 Å². The van der Waals surface area contributed by atoms with Crippen LogP contribution in [0, 0.1) is 13.0 Å². The molecule has 0 aliphatic carbocycles. The molecule has 0 unspecified atom stereocenters. The first-order valence-electron chi connectivity index (χ1n) is 3.55. The Kier molecular flexibility index (Phi) is 1.43. The van der Waals surface area contributed by atoms with Gasteiger partial charge in [-0.3, -0.25) is 0 Å². The van der Waals surface area contributed by atoms with E-state index in [-0.39, 0.29) is 0 Å². The third-order valence-corrected chi connectivity index (χ3v) is 1.64. The van der Waals surface area contributed by atoms with Crippen molar-refractivity contribution in [2.45, 2.75) is 6.92 Å². The molecule has 0 saturated heterocycles. The fraction of sp³-hybridized carbons (Fsp3) is 0.286. The number of rotatable bonds is 1. The molecule has 0 aromatic carbocycles. The first-order valence-corrected chi connectivity index (χ1v) is 3.55. The van der Waals surface area contributed by atoms with Crippen LogP contribution in [0.2, 0.25) is 0 Å². The van der Waals surface area contributed by atoms with Gasteiger partial charge in [-0.1, -0.05) is 0 Å². The molecule has 0 saturated carbocycles. The average Bonchev–Trinajstić information content (AvgIpc) is 2.59. The summed E-state index contributed by atoms with van der Waals surface area (Å²) in [6, 6.07) is 2.95. The first kappa shape index (κ1) is 7.02. The summed E-state index contributed by atoms with van der Waals surface area (Å²) >= 11 is 0. The summed E-state index contributed by atoms with van der Waals surface area (Å²) in [5.41, 5.74) is 0.922. The molecule has 0 aliphatic rings. The Balaban J connectivity index is 2.57. The summed E-state index contributed by atoms with van der Waals surface area (Å²) in [5.74, 6) is 0.703. The summed E-state index contributed by atoms with van der Waals surface area (Å²) in [5, 5.41) is 11.7. The highest BCUT2D eigenvalue weighted by Crippen LogP contribution is 2.03. The van der Waals surface area contributed by atoms with Crippen molar-refractivity contribution in [1.29, 1.82) is 0 Å². The molecule has 0 spiro atoms. The van der Waals surface area contributed by atoms with Gasteiger partial charge in [-0.15, -0.1) is 10.2 Å². The fourth-order valence-electron chi connectivity index (χ4n) is 0.998. The van der Waals surface area contributed by atoms with Gasteiger partial charge in [0.2, 0.25) is 0 Å². The lowest BCUT2D eigenvalue weighted by Crippen LogP contribution is -2.05. The Hall–Kier alpha value is -1.65. The molecule has 2 aromatic rings. The first-order chi connectivity index (χ1) is 5.79. The molecular weight excluding hydrogens is 154 g/mol. The van der Waals surface area contributed by atoms with Gasteiger partial charge in [0.25, 0.3) is 5.95 Å². The molecule has 5 nitrogen and oxygen atoms in total. The molecule has 0 atom stereocenters. The molecule has 2 heterocycles. The normalized spacial score (nSPS) is 10.5. The van der Waals surface area contributed by atoms with Crippen LogP contribution in [0.25, 0.3) is 5.95 Å². The Labute approximate surface area is 69.7 Å². The lowest BCUT2D eigenvalue weighted by molar-refractivity contribution is 0.731. The van der Waals surface area contributed by atoms with Crippen molar-refractivity contribution < 1.29 is 0 Å². The fourth-order valence-corrected chi connectivity index (χ4v) is 0.998. The van der Waals surface area contributed by atoms with Gasteiger partial charge in [-0.05, 0) is 6.92 Å². The number of hydrogen-bond acceptors (Lipinski definition) is 3. The highest BCUT2D eigenvalue weighted by Gasteiger charge is 2.05. The minimum absolute atomic E-state index is 0.703. The van der Waals surface area contributed by atoms with E-state index in [1.165, 1.54) is 0 Å². The van der Waals surface area contributed by atoms with Gasteiger partial charge in [-0.2, -0.15) is 5.10 Å². The van der Waals surface area contributed by atoms with E-state index >= 15 is 0 Å². The predicted molar refractivity (Wildman–Crippen MR) is 41.7 cm³/mol. The van der Waals surface area contributed by atoms with Crippen molar-refractivity contribution in [3.63, 3.8) is 0 Å². The number of hydrogen-bond donors (Lipinski definition) is 0. The van der Waals surface area contributed by atoms with Gasteiger partial charge in [0.05, 0.1) is 11.9 Å². The van der Waals surface area contributed by atoms with Crippen LogP contribution in [0.15, 0.2) is 12.5 Å². The van der Waals surface area contributed by atoms with Gasteiger partial charge < -0.3 is 4.57 Å². The van der Waals surface area contributed by atoms with Crippen molar-refractivity contribution in [2.75, 3.05) is 0 Å². The summed E-state index contributed by atoms with van der Waals surface area (Å²) < 4.78 is 3.49. The standard InChI is InChI=1S/C7H8N5/c1-6-3-4-9-12(6)7-10-8-5-11(7)2/h4-5H,1-2H3. The van der Waals surface area contributed by atoms with Gasteiger partial charge in [0, 0.05) is 13.1 Å². The zero-order valence-corrected chi connectivity index (χ0v) is 6.89. The summed E-state index contributed by atoms with van der Waals surface area (Å²) in [6.07, 6.45) is 3.25. The second kappa shape index (κ2) is 2.44. The van der Waals surface area contributed by atoms with Crippen LogP contribution in [-0.4, -0.2) is 24.5 Å². The molecule has 1 radical (unpaired) electrons. The van der Waals surface area contributed by atoms with Gasteiger partial charge in [0.15, 0.2) is 0 Å². The third kappa shape index (κ3) is 0.903. The van der Waals surface area contributed by atoms with Crippen molar-refractivity contribution in [1.82, 2.24) is 24.5 Å². The second-order valence-corrected chi connectivity index (χ2v) is 2.53. The molecule has 5 heteroatoms. The van der Waals surface area contributed by atoms with E-state index in [1.807, 2.05) is 14.0 Å². The smallest absolute Gasteiger partial charge is 0.251 e. The monoisotopic (exact) mass is 162 g/mol. The van der Waals surface area contributed by atoms with E-state index < -0.39 is 0 Å². The number of nitrogens with zero attached hydrogens (tertiary/aromatic N) is 5. The summed E-state index contributed by atoms with van der Waals surface area (Å²) in [6.45, 7) is 1.92. The molecule has 12 heavy (non-hydrogen) atoms. The Morgan fingerprint density at radius 2 is 2.33 bits per heavy atom. The molecular formula is C7H8N5. The van der Waals surface area contributed by atoms with Crippen LogP contribution >= 0.6 is 0 Å². The molecule has 2 rings (SSSR count). The molecule has 0 N–H and O–H groups in total. The van der Waals surface area contributed by atoms with E-state index in [1.54, 1.807) is 21.8 Å². The van der Waals surface area contributed by atoms with Crippen LogP contribution in [0.3, 0.4) is 0 Å². The van der Waals surface area contributed by atoms with E-state index in [9.17, 15) is 0 Å². The quantitative estimate of drug-likeness (QED) is 0.598. The SMILES string of the molecule is Cc1[c]cnn1-c1nncn1C. The molecule has 61 valence electrons. The van der Waals surface area contributed by atoms with Crippen molar-refractivity contribution in [3.8, 4) is 5.95 Å². The van der Waals surface area contributed by atoms with Gasteiger partial charge in [0.1, 0.15) is 6.33 Å². The van der Waals surface area contributed by atoms with Gasteiger partial charge in [-0.25, -0.2) is 4.68 Å². The van der Waals surface area contributed by atoms with E-state index in [0.717, 1.165) is 5.69 Å². The van der Waals surface area contributed by atoms with Crippen LogP contribution in [-0.2, 0) is 7.05 Å². The molecule has 0 aliphatic heterocycles. The maximum Gasteiger partial charge on any atom is 0.251 e. The van der Waals surface area contributed by atoms with E-state index in [2.05, 4.69) is 21.4 Å². The minimum atomic E-state index is 0.703. The Morgan fingerprint density at radius 1 is 1.50 bits per heavy atom. The van der Waals surface area contributed by atoms with Crippen LogP contribution in [0.4, 0.5) is 0 Å². The average molecular weight is 162 g/mol. The number of aromatic nitrogens is 5. The highest BCUT2D eigenvalue weighted by molar-refractivity contribution is 5.12. The van der Waals surface area contributed by atoms with Crippen molar-refractivity contribution in [2.24, 2.45) is 7.05 Å². The molecule has 0 amide bonds. The molecule has 2 aromatic heterocycles. The largest absolute Gasteiger partial charge is 0.301 e. The lowest BCUT2D eigenvalue weighted by Gasteiger charge is -2.00. The zero-order valence-electron chi connectivity index (χ0n) is 6.89. The summed E-state index contributed by atoms with van der Waals surface area (Å²) in [4.78, 5) is 0. The van der Waals surface area contributed by atoms with E-state index in [0.29, 0.717) is 5.95 Å². The van der Waals surface area contributed by atoms with Crippen molar-refractivity contribution >= 4 is 0 Å². The van der Waals surface area contributed by atoms with Crippen LogP contribution < -0.4 is 0 Å². The number of aryl methyl sites for hydroxylation is 2. The Bertz CT molecular complexity index is 348.